The summed E-state index contributed by atoms with van der Waals surface area (Å²) in [7, 11) is 0. The first-order valence-electron chi connectivity index (χ1n) is 4.12. The van der Waals surface area contributed by atoms with Gasteiger partial charge in [0.25, 0.3) is 0 Å². The first-order valence-corrected chi connectivity index (χ1v) is 4.12. The molecule has 1 radical (unpaired) electrons. The first-order chi connectivity index (χ1) is 4.91. The molecule has 0 aromatic heterocycles. The fourth-order valence-electron chi connectivity index (χ4n) is 0.882. The Morgan fingerprint density at radius 1 is 1.10 bits per heavy atom. The third kappa shape index (κ3) is 7.92. The summed E-state index contributed by atoms with van der Waals surface area (Å²) in [5.41, 5.74) is 5.25. The van der Waals surface area contributed by atoms with Crippen molar-refractivity contribution in [1.82, 2.24) is 5.32 Å². The lowest BCUT2D eigenvalue weighted by atomic mass is 10.1. The van der Waals surface area contributed by atoms with Crippen molar-refractivity contribution in [2.24, 2.45) is 5.73 Å². The van der Waals surface area contributed by atoms with E-state index in [0.717, 1.165) is 13.0 Å². The molecule has 0 amide bonds. The van der Waals surface area contributed by atoms with Crippen molar-refractivity contribution in [3.05, 3.63) is 6.92 Å². The molecule has 2 heteroatoms. The third-order valence-electron chi connectivity index (χ3n) is 1.50. The zero-order chi connectivity index (χ0) is 7.66. The molecule has 0 aliphatic rings. The molecule has 0 aromatic rings. The van der Waals surface area contributed by atoms with Crippen molar-refractivity contribution in [3.8, 4) is 0 Å². The van der Waals surface area contributed by atoms with Gasteiger partial charge in [0.1, 0.15) is 0 Å². The van der Waals surface area contributed by atoms with E-state index in [1.54, 1.807) is 0 Å². The minimum Gasteiger partial charge on any atom is -0.318 e. The zero-order valence-corrected chi connectivity index (χ0v) is 6.73. The highest BCUT2D eigenvalue weighted by atomic mass is 14.9. The molecular formula is C8H19N2. The van der Waals surface area contributed by atoms with Gasteiger partial charge in [0, 0.05) is 6.67 Å². The molecule has 0 spiro atoms. The Bertz CT molecular complexity index is 47.2. The lowest BCUT2D eigenvalue weighted by molar-refractivity contribution is 0.596. The summed E-state index contributed by atoms with van der Waals surface area (Å²) in [6, 6.07) is 0. The lowest BCUT2D eigenvalue weighted by Crippen LogP contribution is -2.23. The summed E-state index contributed by atoms with van der Waals surface area (Å²) in [6.07, 6.45) is 6.21. The molecule has 0 bridgehead atoms. The maximum absolute atomic E-state index is 5.25. The number of nitrogens with one attached hydrogen (secondary N) is 1. The number of hydrogen-bond acceptors (Lipinski definition) is 2. The fourth-order valence-corrected chi connectivity index (χ4v) is 0.882. The topological polar surface area (TPSA) is 38.0 Å². The summed E-state index contributed by atoms with van der Waals surface area (Å²) in [5, 5.41) is 3.09. The van der Waals surface area contributed by atoms with E-state index in [1.807, 2.05) is 0 Å². The van der Waals surface area contributed by atoms with Crippen LogP contribution in [0.2, 0.25) is 0 Å². The monoisotopic (exact) mass is 143 g/mol. The van der Waals surface area contributed by atoms with Gasteiger partial charge < -0.3 is 11.1 Å². The van der Waals surface area contributed by atoms with E-state index in [-0.39, 0.29) is 0 Å². The highest BCUT2D eigenvalue weighted by molar-refractivity contribution is 4.47. The van der Waals surface area contributed by atoms with E-state index in [9.17, 15) is 0 Å². The molecule has 0 aromatic carbocycles. The molecule has 0 saturated heterocycles. The van der Waals surface area contributed by atoms with Gasteiger partial charge in [-0.3, -0.25) is 0 Å². The molecule has 0 unspecified atom stereocenters. The van der Waals surface area contributed by atoms with Crippen LogP contribution in [0.1, 0.15) is 32.1 Å². The fraction of sp³-hybridized carbons (Fsp3) is 0.875. The second kappa shape index (κ2) is 8.92. The maximum atomic E-state index is 5.25. The van der Waals surface area contributed by atoms with Gasteiger partial charge in [-0.15, -0.1) is 0 Å². The van der Waals surface area contributed by atoms with Gasteiger partial charge in [-0.2, -0.15) is 0 Å². The molecule has 0 aliphatic heterocycles. The second-order valence-electron chi connectivity index (χ2n) is 2.47. The van der Waals surface area contributed by atoms with Crippen LogP contribution in [0.3, 0.4) is 0 Å². The molecule has 0 aliphatic carbocycles. The number of unbranched alkanes of at least 4 members (excludes halogenated alkanes) is 4. The van der Waals surface area contributed by atoms with Crippen LogP contribution in [-0.4, -0.2) is 13.2 Å². The van der Waals surface area contributed by atoms with Crippen LogP contribution in [0.4, 0.5) is 0 Å². The molecule has 0 heterocycles. The van der Waals surface area contributed by atoms with Crippen molar-refractivity contribution in [1.29, 1.82) is 0 Å². The Balaban J connectivity index is 2.65. The van der Waals surface area contributed by atoms with Crippen LogP contribution in [0.15, 0.2) is 0 Å². The van der Waals surface area contributed by atoms with E-state index < -0.39 is 0 Å². The molecule has 61 valence electrons. The quantitative estimate of drug-likeness (QED) is 0.416. The average Bonchev–Trinajstić information content (AvgIpc) is 1.97. The molecule has 0 saturated carbocycles. The number of rotatable bonds is 7. The summed E-state index contributed by atoms with van der Waals surface area (Å²) in [5.74, 6) is 0. The van der Waals surface area contributed by atoms with Crippen LogP contribution in [-0.2, 0) is 0 Å². The summed E-state index contributed by atoms with van der Waals surface area (Å²) < 4.78 is 0. The van der Waals surface area contributed by atoms with Gasteiger partial charge in [0.05, 0.1) is 0 Å². The van der Waals surface area contributed by atoms with E-state index in [4.69, 9.17) is 5.73 Å². The second-order valence-corrected chi connectivity index (χ2v) is 2.47. The van der Waals surface area contributed by atoms with E-state index in [2.05, 4.69) is 12.2 Å². The minimum atomic E-state index is 0.606. The highest BCUT2D eigenvalue weighted by Gasteiger charge is 1.86. The zero-order valence-electron chi connectivity index (χ0n) is 6.73. The average molecular weight is 143 g/mol. The molecular weight excluding hydrogens is 124 g/mol. The number of nitrogens with two attached hydrogens (primary N) is 1. The predicted molar refractivity (Wildman–Crippen MR) is 45.5 cm³/mol. The summed E-state index contributed by atoms with van der Waals surface area (Å²) in [6.45, 7) is 5.45. The van der Waals surface area contributed by atoms with E-state index >= 15 is 0 Å². The van der Waals surface area contributed by atoms with Crippen LogP contribution < -0.4 is 11.1 Å². The van der Waals surface area contributed by atoms with Crippen LogP contribution >= 0.6 is 0 Å². The van der Waals surface area contributed by atoms with E-state index in [0.29, 0.717) is 6.67 Å². The Hall–Kier alpha value is -0.0800. The molecule has 10 heavy (non-hydrogen) atoms. The van der Waals surface area contributed by atoms with Gasteiger partial charge in [-0.05, 0) is 13.0 Å². The van der Waals surface area contributed by atoms with Gasteiger partial charge >= 0.3 is 0 Å². The number of hydrogen-bond donors (Lipinski definition) is 2. The smallest absolute Gasteiger partial charge is 0.0428 e. The van der Waals surface area contributed by atoms with Crippen molar-refractivity contribution in [2.45, 2.75) is 32.1 Å². The Morgan fingerprint density at radius 3 is 2.40 bits per heavy atom. The van der Waals surface area contributed by atoms with Crippen molar-refractivity contribution in [3.63, 3.8) is 0 Å². The minimum absolute atomic E-state index is 0.606. The van der Waals surface area contributed by atoms with Crippen LogP contribution in [0, 0.1) is 6.92 Å². The van der Waals surface area contributed by atoms with Gasteiger partial charge in [0.2, 0.25) is 0 Å². The summed E-state index contributed by atoms with van der Waals surface area (Å²) in [4.78, 5) is 0. The molecule has 0 atom stereocenters. The van der Waals surface area contributed by atoms with Gasteiger partial charge in [-0.1, -0.05) is 32.6 Å². The van der Waals surface area contributed by atoms with Crippen molar-refractivity contribution in [2.75, 3.05) is 13.2 Å². The summed E-state index contributed by atoms with van der Waals surface area (Å²) >= 11 is 0. The molecule has 3 N–H and O–H groups in total. The highest BCUT2D eigenvalue weighted by Crippen LogP contribution is 2.00. The van der Waals surface area contributed by atoms with Crippen LogP contribution in [0.5, 0.6) is 0 Å². The Morgan fingerprint density at radius 2 is 1.80 bits per heavy atom. The van der Waals surface area contributed by atoms with Crippen LogP contribution in [0.25, 0.3) is 0 Å². The largest absolute Gasteiger partial charge is 0.318 e. The first kappa shape index (κ1) is 9.92. The van der Waals surface area contributed by atoms with E-state index in [1.165, 1.54) is 25.7 Å². The normalized spacial score (nSPS) is 10.2. The van der Waals surface area contributed by atoms with Gasteiger partial charge in [0.15, 0.2) is 0 Å². The Kier molecular flexibility index (Phi) is 8.85. The Labute approximate surface area is 64.2 Å². The maximum Gasteiger partial charge on any atom is 0.0428 e. The third-order valence-corrected chi connectivity index (χ3v) is 1.50. The molecule has 0 rings (SSSR count). The standard InChI is InChI=1S/C8H19N2/c1-2-3-4-5-6-7-10-8-9/h10H,1-9H2. The molecule has 2 nitrogen and oxygen atoms in total. The van der Waals surface area contributed by atoms with Crippen molar-refractivity contribution >= 4 is 0 Å². The SMILES string of the molecule is [CH2]CCCCCCNCN. The lowest BCUT2D eigenvalue weighted by Gasteiger charge is -1.99. The van der Waals surface area contributed by atoms with Crippen molar-refractivity contribution < 1.29 is 0 Å². The van der Waals surface area contributed by atoms with Gasteiger partial charge in [-0.25, -0.2) is 0 Å². The predicted octanol–water partition coefficient (Wildman–Crippen LogP) is 1.28. The molecule has 0 fully saturated rings.